The predicted molar refractivity (Wildman–Crippen MR) is 78.7 cm³/mol. The van der Waals surface area contributed by atoms with Crippen LogP contribution in [0.1, 0.15) is 16.7 Å². The monoisotopic (exact) mass is 259 g/mol. The maximum absolute atomic E-state index is 5.90. The molecule has 0 aliphatic carbocycles. The quantitative estimate of drug-likeness (QED) is 0.627. The Morgan fingerprint density at radius 1 is 1.37 bits per heavy atom. The second kappa shape index (κ2) is 5.86. The van der Waals surface area contributed by atoms with Gasteiger partial charge in [0, 0.05) is 24.7 Å². The highest BCUT2D eigenvalue weighted by molar-refractivity contribution is 6.10. The minimum atomic E-state index is -0.430. The van der Waals surface area contributed by atoms with Crippen molar-refractivity contribution in [3.63, 3.8) is 0 Å². The number of aryl methyl sites for hydroxylation is 1. The van der Waals surface area contributed by atoms with Gasteiger partial charge in [-0.25, -0.2) is 4.99 Å². The molecule has 1 aliphatic rings. The Balaban J connectivity index is 2.32. The average molecular weight is 259 g/mol. The molecular weight excluding hydrogens is 238 g/mol. The van der Waals surface area contributed by atoms with Crippen molar-refractivity contribution in [1.82, 2.24) is 10.6 Å². The fraction of sp³-hybridized carbons (Fsp3) is 0.357. The van der Waals surface area contributed by atoms with Crippen LogP contribution in [0, 0.1) is 13.8 Å². The zero-order valence-corrected chi connectivity index (χ0v) is 11.4. The molecule has 0 aromatic heterocycles. The molecule has 5 heteroatoms. The number of aliphatic imine (C=N–C) groups is 1. The maximum atomic E-state index is 5.90. The molecule has 1 aromatic rings. The molecule has 0 amide bonds. The first-order valence-corrected chi connectivity index (χ1v) is 6.44. The van der Waals surface area contributed by atoms with Crippen LogP contribution in [0.5, 0.6) is 0 Å². The summed E-state index contributed by atoms with van der Waals surface area (Å²) in [6.07, 6.45) is 1.54. The number of nitrogens with zero attached hydrogens (tertiary/aromatic N) is 1. The van der Waals surface area contributed by atoms with Crippen LogP contribution >= 0.6 is 0 Å². The van der Waals surface area contributed by atoms with E-state index in [4.69, 9.17) is 11.5 Å². The summed E-state index contributed by atoms with van der Waals surface area (Å²) in [5.74, 6) is 0.865. The number of hydrogen-bond acceptors (Lipinski definition) is 5. The van der Waals surface area contributed by atoms with Crippen molar-refractivity contribution in [1.29, 1.82) is 0 Å². The van der Waals surface area contributed by atoms with Crippen molar-refractivity contribution >= 4 is 5.71 Å². The predicted octanol–water partition coefficient (Wildman–Crippen LogP) is 0.328. The van der Waals surface area contributed by atoms with Gasteiger partial charge in [-0.1, -0.05) is 18.2 Å². The molecule has 102 valence electrons. The van der Waals surface area contributed by atoms with E-state index in [0.29, 0.717) is 13.1 Å². The number of rotatable bonds is 4. The summed E-state index contributed by atoms with van der Waals surface area (Å²) in [6, 6.07) is 6.20. The van der Waals surface area contributed by atoms with E-state index in [1.165, 1.54) is 11.1 Å². The number of allylic oxidation sites excluding steroid dienone is 1. The molecule has 0 bridgehead atoms. The third-order valence-corrected chi connectivity index (χ3v) is 3.20. The van der Waals surface area contributed by atoms with Crippen molar-refractivity contribution in [2.75, 3.05) is 13.1 Å². The first-order chi connectivity index (χ1) is 9.11. The van der Waals surface area contributed by atoms with Gasteiger partial charge in [0.25, 0.3) is 0 Å². The zero-order valence-electron chi connectivity index (χ0n) is 11.4. The molecular formula is C14H21N5. The van der Waals surface area contributed by atoms with Crippen molar-refractivity contribution in [2.24, 2.45) is 16.5 Å². The van der Waals surface area contributed by atoms with Gasteiger partial charge in [0.15, 0.2) is 6.29 Å². The van der Waals surface area contributed by atoms with E-state index in [1.807, 2.05) is 12.1 Å². The second-order valence-electron chi connectivity index (χ2n) is 4.62. The van der Waals surface area contributed by atoms with Gasteiger partial charge in [0.2, 0.25) is 0 Å². The fourth-order valence-corrected chi connectivity index (χ4v) is 2.04. The summed E-state index contributed by atoms with van der Waals surface area (Å²) >= 11 is 0. The summed E-state index contributed by atoms with van der Waals surface area (Å²) in [6.45, 7) is 5.47. The van der Waals surface area contributed by atoms with Crippen molar-refractivity contribution in [3.05, 3.63) is 46.8 Å². The molecule has 1 heterocycles. The summed E-state index contributed by atoms with van der Waals surface area (Å²) in [4.78, 5) is 4.45. The van der Waals surface area contributed by atoms with Gasteiger partial charge in [-0.3, -0.25) is 5.73 Å². The topological polar surface area (TPSA) is 88.5 Å². The number of nitrogens with two attached hydrogens (primary N) is 2. The smallest absolute Gasteiger partial charge is 0.173 e. The third kappa shape index (κ3) is 3.13. The van der Waals surface area contributed by atoms with E-state index in [9.17, 15) is 0 Å². The maximum Gasteiger partial charge on any atom is 0.173 e. The molecule has 0 fully saturated rings. The highest BCUT2D eigenvalue weighted by Gasteiger charge is 2.14. The summed E-state index contributed by atoms with van der Waals surface area (Å²) in [7, 11) is 0. The lowest BCUT2D eigenvalue weighted by molar-refractivity contribution is 0.565. The Morgan fingerprint density at radius 2 is 2.16 bits per heavy atom. The molecule has 1 unspecified atom stereocenters. The van der Waals surface area contributed by atoms with E-state index in [-0.39, 0.29) is 0 Å². The average Bonchev–Trinajstić information content (AvgIpc) is 2.39. The molecule has 1 atom stereocenters. The molecule has 1 aliphatic heterocycles. The number of hydrogen-bond donors (Lipinski definition) is 4. The van der Waals surface area contributed by atoms with Gasteiger partial charge in [0.1, 0.15) is 5.82 Å². The normalized spacial score (nSPS) is 18.4. The van der Waals surface area contributed by atoms with Crippen molar-refractivity contribution in [2.45, 2.75) is 20.1 Å². The van der Waals surface area contributed by atoms with E-state index in [2.05, 4.69) is 41.6 Å². The summed E-state index contributed by atoms with van der Waals surface area (Å²) < 4.78 is 0. The largest absolute Gasteiger partial charge is 0.370 e. The van der Waals surface area contributed by atoms with Gasteiger partial charge in [-0.15, -0.1) is 0 Å². The van der Waals surface area contributed by atoms with Crippen LogP contribution in [0.2, 0.25) is 0 Å². The number of benzene rings is 1. The molecule has 6 N–H and O–H groups in total. The van der Waals surface area contributed by atoms with Crippen LogP contribution < -0.4 is 22.1 Å². The first kappa shape index (κ1) is 13.6. The van der Waals surface area contributed by atoms with Gasteiger partial charge in [-0.05, 0) is 25.0 Å². The van der Waals surface area contributed by atoms with Crippen LogP contribution in [0.25, 0.3) is 0 Å². The Kier molecular flexibility index (Phi) is 4.19. The zero-order chi connectivity index (χ0) is 13.8. The third-order valence-electron chi connectivity index (χ3n) is 3.20. The number of nitrogens with one attached hydrogen (secondary N) is 2. The second-order valence-corrected chi connectivity index (χ2v) is 4.62. The van der Waals surface area contributed by atoms with Crippen LogP contribution in [0.4, 0.5) is 0 Å². The minimum absolute atomic E-state index is 0.430. The van der Waals surface area contributed by atoms with Gasteiger partial charge in [0.05, 0.1) is 5.71 Å². The molecule has 0 radical (unpaired) electrons. The lowest BCUT2D eigenvalue weighted by Crippen LogP contribution is -2.44. The molecule has 19 heavy (non-hydrogen) atoms. The van der Waals surface area contributed by atoms with Gasteiger partial charge < -0.3 is 16.4 Å². The van der Waals surface area contributed by atoms with Crippen molar-refractivity contribution in [3.8, 4) is 0 Å². The standard InChI is InChI=1S/C14H21N5/c1-9-4-3-5-11(10(9)2)12-8-13(17-7-6-15)19-14(16)18-12/h3-5,8,14,17,19H,6-7,15-16H2,1-2H3. The van der Waals surface area contributed by atoms with Crippen LogP contribution in [-0.4, -0.2) is 25.1 Å². The summed E-state index contributed by atoms with van der Waals surface area (Å²) in [5, 5.41) is 6.27. The Hall–Kier alpha value is -1.85. The Bertz CT molecular complexity index is 519. The fourth-order valence-electron chi connectivity index (χ4n) is 2.04. The van der Waals surface area contributed by atoms with Gasteiger partial charge in [-0.2, -0.15) is 0 Å². The van der Waals surface area contributed by atoms with Crippen LogP contribution in [0.3, 0.4) is 0 Å². The van der Waals surface area contributed by atoms with E-state index >= 15 is 0 Å². The molecule has 0 spiro atoms. The van der Waals surface area contributed by atoms with E-state index < -0.39 is 6.29 Å². The highest BCUT2D eigenvalue weighted by atomic mass is 15.3. The first-order valence-electron chi connectivity index (χ1n) is 6.44. The molecule has 5 nitrogen and oxygen atoms in total. The van der Waals surface area contributed by atoms with Crippen molar-refractivity contribution < 1.29 is 0 Å². The molecule has 1 aromatic carbocycles. The molecule has 2 rings (SSSR count). The van der Waals surface area contributed by atoms with Crippen LogP contribution in [0.15, 0.2) is 35.1 Å². The minimum Gasteiger partial charge on any atom is -0.370 e. The summed E-state index contributed by atoms with van der Waals surface area (Å²) in [5.41, 5.74) is 15.9. The van der Waals surface area contributed by atoms with E-state index in [1.54, 1.807) is 0 Å². The van der Waals surface area contributed by atoms with E-state index in [0.717, 1.165) is 17.1 Å². The van der Waals surface area contributed by atoms with Crippen LogP contribution in [-0.2, 0) is 0 Å². The molecule has 0 saturated carbocycles. The Morgan fingerprint density at radius 3 is 2.89 bits per heavy atom. The molecule has 0 saturated heterocycles. The Labute approximate surface area is 113 Å². The lowest BCUT2D eigenvalue weighted by Gasteiger charge is -2.22. The van der Waals surface area contributed by atoms with Gasteiger partial charge >= 0.3 is 0 Å². The SMILES string of the molecule is Cc1cccc(C2=NC(N)NC(NCCN)=C2)c1C. The lowest BCUT2D eigenvalue weighted by atomic mass is 9.99. The highest BCUT2D eigenvalue weighted by Crippen LogP contribution is 2.16.